The minimum atomic E-state index is 0.0398. The van der Waals surface area contributed by atoms with E-state index in [1.807, 2.05) is 89.8 Å². The largest absolute Gasteiger partial charge is 0.369 e. The molecule has 0 heterocycles. The molecule has 0 unspecified atom stereocenters. The van der Waals surface area contributed by atoms with Crippen molar-refractivity contribution in [2.45, 2.75) is 32.8 Å². The lowest BCUT2D eigenvalue weighted by atomic mass is 10.0. The summed E-state index contributed by atoms with van der Waals surface area (Å²) in [6.45, 7) is 3.29. The van der Waals surface area contributed by atoms with E-state index in [9.17, 15) is 9.59 Å². The smallest absolute Gasteiger partial charge is 0.231 e. The summed E-state index contributed by atoms with van der Waals surface area (Å²) in [5.41, 5.74) is 3.85. The zero-order valence-corrected chi connectivity index (χ0v) is 18.0. The Morgan fingerprint density at radius 1 is 0.742 bits per heavy atom. The topological polar surface area (TPSA) is 46.6 Å². The Hall–Kier alpha value is -3.24. The molecule has 0 saturated heterocycles. The lowest BCUT2D eigenvalue weighted by Crippen LogP contribution is -2.32. The summed E-state index contributed by atoms with van der Waals surface area (Å²) in [7, 11) is 0. The fourth-order valence-electron chi connectivity index (χ4n) is 3.41. The summed E-state index contributed by atoms with van der Waals surface area (Å²) in [5, 5.41) is 0. The molecule has 0 spiro atoms. The average molecular weight is 416 g/mol. The Morgan fingerprint density at radius 2 is 1.32 bits per heavy atom. The maximum absolute atomic E-state index is 12.9. The second-order valence-corrected chi connectivity index (χ2v) is 7.57. The zero-order valence-electron chi connectivity index (χ0n) is 18.0. The molecule has 0 fully saturated rings. The molecule has 0 aliphatic carbocycles. The fourth-order valence-corrected chi connectivity index (χ4v) is 3.41. The molecule has 0 atom stereocenters. The molecule has 160 valence electrons. The molecule has 3 aromatic rings. The van der Waals surface area contributed by atoms with Crippen LogP contribution in [0.15, 0.2) is 84.9 Å². The lowest BCUT2D eigenvalue weighted by molar-refractivity contribution is -0.123. The molecule has 3 aromatic carbocycles. The van der Waals surface area contributed by atoms with Gasteiger partial charge >= 0.3 is 0 Å². The van der Waals surface area contributed by atoms with Crippen molar-refractivity contribution in [1.82, 2.24) is 0 Å². The third kappa shape index (κ3) is 7.19. The number of para-hydroxylation sites is 1. The van der Waals surface area contributed by atoms with E-state index in [-0.39, 0.29) is 18.3 Å². The van der Waals surface area contributed by atoms with E-state index in [0.29, 0.717) is 26.0 Å². The van der Waals surface area contributed by atoms with Crippen molar-refractivity contribution in [3.05, 3.63) is 102 Å². The Morgan fingerprint density at radius 3 is 1.94 bits per heavy atom. The SMILES string of the molecule is CCCN(C(=O)Cc1ccc(CC(=O)COCc2ccccc2)cc1)c1ccccc1. The van der Waals surface area contributed by atoms with Crippen molar-refractivity contribution < 1.29 is 14.3 Å². The van der Waals surface area contributed by atoms with Gasteiger partial charge in [0, 0.05) is 18.7 Å². The molecule has 0 saturated carbocycles. The van der Waals surface area contributed by atoms with Crippen molar-refractivity contribution in [2.75, 3.05) is 18.1 Å². The van der Waals surface area contributed by atoms with Crippen LogP contribution in [0.25, 0.3) is 0 Å². The van der Waals surface area contributed by atoms with Crippen molar-refractivity contribution in [3.63, 3.8) is 0 Å². The van der Waals surface area contributed by atoms with Gasteiger partial charge in [0.2, 0.25) is 5.91 Å². The number of carbonyl (C=O) groups excluding carboxylic acids is 2. The molecular weight excluding hydrogens is 386 g/mol. The molecule has 3 rings (SSSR count). The molecular formula is C27H29NO3. The predicted molar refractivity (Wildman–Crippen MR) is 124 cm³/mol. The molecule has 0 aromatic heterocycles. The van der Waals surface area contributed by atoms with Crippen LogP contribution in [0.4, 0.5) is 5.69 Å². The van der Waals surface area contributed by atoms with Gasteiger partial charge in [-0.25, -0.2) is 0 Å². The standard InChI is InChI=1S/C27H29NO3/c1-2-17-28(25-11-7-4-8-12-25)27(30)19-23-15-13-22(14-16-23)18-26(29)21-31-20-24-9-5-3-6-10-24/h3-16H,2,17-21H2,1H3. The van der Waals surface area contributed by atoms with Crippen LogP contribution >= 0.6 is 0 Å². The van der Waals surface area contributed by atoms with E-state index in [2.05, 4.69) is 6.92 Å². The first kappa shape index (κ1) is 22.4. The number of hydrogen-bond donors (Lipinski definition) is 0. The highest BCUT2D eigenvalue weighted by molar-refractivity contribution is 5.94. The van der Waals surface area contributed by atoms with Crippen molar-refractivity contribution in [1.29, 1.82) is 0 Å². The van der Waals surface area contributed by atoms with Crippen LogP contribution in [0.2, 0.25) is 0 Å². The monoisotopic (exact) mass is 415 g/mol. The Balaban J connectivity index is 1.49. The number of hydrogen-bond acceptors (Lipinski definition) is 3. The normalized spacial score (nSPS) is 10.6. The number of ketones is 1. The van der Waals surface area contributed by atoms with Gasteiger partial charge in [0.05, 0.1) is 13.0 Å². The summed E-state index contributed by atoms with van der Waals surface area (Å²) < 4.78 is 5.52. The van der Waals surface area contributed by atoms with Gasteiger partial charge in [-0.1, -0.05) is 79.7 Å². The molecule has 0 aliphatic rings. The van der Waals surface area contributed by atoms with Crippen LogP contribution in [0, 0.1) is 0 Å². The summed E-state index contributed by atoms with van der Waals surface area (Å²) >= 11 is 0. The second-order valence-electron chi connectivity index (χ2n) is 7.57. The van der Waals surface area contributed by atoms with Crippen LogP contribution in [-0.4, -0.2) is 24.8 Å². The molecule has 31 heavy (non-hydrogen) atoms. The van der Waals surface area contributed by atoms with Gasteiger partial charge in [-0.3, -0.25) is 9.59 Å². The van der Waals surface area contributed by atoms with Gasteiger partial charge in [0.1, 0.15) is 6.61 Å². The number of anilines is 1. The fraction of sp³-hybridized carbons (Fsp3) is 0.259. The van der Waals surface area contributed by atoms with Gasteiger partial charge in [-0.05, 0) is 35.2 Å². The number of nitrogens with zero attached hydrogens (tertiary/aromatic N) is 1. The van der Waals surface area contributed by atoms with Crippen LogP contribution in [-0.2, 0) is 33.8 Å². The number of ether oxygens (including phenoxy) is 1. The minimum Gasteiger partial charge on any atom is -0.369 e. The summed E-state index contributed by atoms with van der Waals surface area (Å²) in [6, 6.07) is 27.3. The van der Waals surface area contributed by atoms with E-state index < -0.39 is 0 Å². The van der Waals surface area contributed by atoms with Crippen LogP contribution in [0.5, 0.6) is 0 Å². The third-order valence-corrected chi connectivity index (χ3v) is 4.97. The summed E-state index contributed by atoms with van der Waals surface area (Å²) in [5.74, 6) is 0.115. The number of benzene rings is 3. The van der Waals surface area contributed by atoms with Crippen LogP contribution < -0.4 is 4.90 Å². The maximum atomic E-state index is 12.9. The van der Waals surface area contributed by atoms with E-state index in [1.165, 1.54) is 0 Å². The highest BCUT2D eigenvalue weighted by atomic mass is 16.5. The van der Waals surface area contributed by atoms with Gasteiger partial charge in [-0.2, -0.15) is 0 Å². The van der Waals surface area contributed by atoms with Crippen LogP contribution in [0.1, 0.15) is 30.0 Å². The number of carbonyl (C=O) groups is 2. The second kappa shape index (κ2) is 11.8. The predicted octanol–water partition coefficient (Wildman–Crippen LogP) is 5.00. The lowest BCUT2D eigenvalue weighted by Gasteiger charge is -2.22. The molecule has 0 bridgehead atoms. The van der Waals surface area contributed by atoms with Gasteiger partial charge in [0.15, 0.2) is 5.78 Å². The molecule has 1 amide bonds. The number of rotatable bonds is 11. The molecule has 0 N–H and O–H groups in total. The van der Waals surface area contributed by atoms with E-state index in [0.717, 1.165) is 28.8 Å². The molecule has 4 nitrogen and oxygen atoms in total. The number of amides is 1. The van der Waals surface area contributed by atoms with Gasteiger partial charge in [-0.15, -0.1) is 0 Å². The van der Waals surface area contributed by atoms with Crippen molar-refractivity contribution in [2.24, 2.45) is 0 Å². The van der Waals surface area contributed by atoms with Gasteiger partial charge in [0.25, 0.3) is 0 Å². The molecule has 0 aliphatic heterocycles. The zero-order chi connectivity index (χ0) is 21.9. The molecule has 4 heteroatoms. The van der Waals surface area contributed by atoms with E-state index >= 15 is 0 Å². The maximum Gasteiger partial charge on any atom is 0.231 e. The van der Waals surface area contributed by atoms with E-state index in [4.69, 9.17) is 4.74 Å². The quantitative estimate of drug-likeness (QED) is 0.443. The van der Waals surface area contributed by atoms with E-state index in [1.54, 1.807) is 0 Å². The molecule has 0 radical (unpaired) electrons. The first-order chi connectivity index (χ1) is 15.2. The van der Waals surface area contributed by atoms with Crippen molar-refractivity contribution >= 4 is 17.4 Å². The summed E-state index contributed by atoms with van der Waals surface area (Å²) in [6.07, 6.45) is 1.56. The average Bonchev–Trinajstić information content (AvgIpc) is 2.80. The first-order valence-electron chi connectivity index (χ1n) is 10.7. The minimum absolute atomic E-state index is 0.0398. The third-order valence-electron chi connectivity index (χ3n) is 4.97. The number of Topliss-reactive ketones (excluding diaryl/α,β-unsaturated/α-hetero) is 1. The highest BCUT2D eigenvalue weighted by Gasteiger charge is 2.15. The van der Waals surface area contributed by atoms with Crippen molar-refractivity contribution in [3.8, 4) is 0 Å². The Kier molecular flexibility index (Phi) is 8.56. The summed E-state index contributed by atoms with van der Waals surface area (Å²) in [4.78, 5) is 26.9. The highest BCUT2D eigenvalue weighted by Crippen LogP contribution is 2.16. The van der Waals surface area contributed by atoms with Gasteiger partial charge < -0.3 is 9.64 Å². The first-order valence-corrected chi connectivity index (χ1v) is 10.7. The van der Waals surface area contributed by atoms with Crippen LogP contribution in [0.3, 0.4) is 0 Å². The Bertz CT molecular complexity index is 953. The Labute approximate surface area is 184 Å².